The van der Waals surface area contributed by atoms with Gasteiger partial charge < -0.3 is 14.7 Å². The SMILES string of the molecule is CCCC(F)OC(=O)N1CC[C@H](c2cccc(-c3ccccc3)c2)[C@@H](O)C1. The highest BCUT2D eigenvalue weighted by molar-refractivity contribution is 5.68. The van der Waals surface area contributed by atoms with Crippen LogP contribution in [0.5, 0.6) is 0 Å². The predicted octanol–water partition coefficient (Wildman–Crippen LogP) is 4.74. The fourth-order valence-electron chi connectivity index (χ4n) is 3.54. The first-order valence-electron chi connectivity index (χ1n) is 9.51. The van der Waals surface area contributed by atoms with Crippen molar-refractivity contribution in [2.24, 2.45) is 0 Å². The van der Waals surface area contributed by atoms with Crippen molar-refractivity contribution in [2.45, 2.75) is 44.6 Å². The van der Waals surface area contributed by atoms with Crippen molar-refractivity contribution in [3.05, 3.63) is 60.2 Å². The first-order valence-corrected chi connectivity index (χ1v) is 9.51. The quantitative estimate of drug-likeness (QED) is 0.826. The average Bonchev–Trinajstić information content (AvgIpc) is 2.69. The molecule has 1 aliphatic rings. The summed E-state index contributed by atoms with van der Waals surface area (Å²) >= 11 is 0. The molecule has 1 heterocycles. The molecule has 1 unspecified atom stereocenters. The standard InChI is InChI=1S/C22H26FNO3/c1-2-7-21(23)27-22(26)24-13-12-19(20(25)15-24)18-11-6-10-17(14-18)16-8-4-3-5-9-16/h3-6,8-11,14,19-21,25H,2,7,12-13,15H2,1H3/t19-,20+,21?/m1/s1. The first kappa shape index (κ1) is 19.4. The molecule has 1 aliphatic heterocycles. The number of hydrogen-bond acceptors (Lipinski definition) is 3. The van der Waals surface area contributed by atoms with Crippen LogP contribution in [0.2, 0.25) is 0 Å². The fraction of sp³-hybridized carbons (Fsp3) is 0.409. The van der Waals surface area contributed by atoms with E-state index in [1.54, 1.807) is 0 Å². The summed E-state index contributed by atoms with van der Waals surface area (Å²) in [7, 11) is 0. The van der Waals surface area contributed by atoms with Gasteiger partial charge in [-0.3, -0.25) is 0 Å². The Bertz CT molecular complexity index is 752. The summed E-state index contributed by atoms with van der Waals surface area (Å²) in [5.41, 5.74) is 3.27. The van der Waals surface area contributed by atoms with Gasteiger partial charge in [-0.25, -0.2) is 9.18 Å². The third kappa shape index (κ3) is 4.86. The number of nitrogens with zero attached hydrogens (tertiary/aromatic N) is 1. The smallest absolute Gasteiger partial charge is 0.412 e. The summed E-state index contributed by atoms with van der Waals surface area (Å²) in [5, 5.41) is 10.6. The molecule has 144 valence electrons. The largest absolute Gasteiger partial charge is 0.415 e. The van der Waals surface area contributed by atoms with Crippen LogP contribution in [0, 0.1) is 0 Å². The number of amides is 1. The Morgan fingerprint density at radius 3 is 2.67 bits per heavy atom. The third-order valence-electron chi connectivity index (χ3n) is 5.01. The van der Waals surface area contributed by atoms with E-state index < -0.39 is 18.6 Å². The molecule has 1 fully saturated rings. The van der Waals surface area contributed by atoms with Crippen molar-refractivity contribution in [3.63, 3.8) is 0 Å². The zero-order chi connectivity index (χ0) is 19.2. The van der Waals surface area contributed by atoms with Gasteiger partial charge in [0.05, 0.1) is 12.6 Å². The van der Waals surface area contributed by atoms with E-state index in [0.717, 1.165) is 16.7 Å². The molecule has 0 spiro atoms. The molecule has 0 aromatic heterocycles. The molecular weight excluding hydrogens is 345 g/mol. The van der Waals surface area contributed by atoms with Gasteiger partial charge in [0, 0.05) is 18.9 Å². The van der Waals surface area contributed by atoms with Crippen LogP contribution in [0.4, 0.5) is 9.18 Å². The Labute approximate surface area is 159 Å². The molecule has 2 aromatic carbocycles. The maximum atomic E-state index is 13.5. The average molecular weight is 371 g/mol. The predicted molar refractivity (Wildman–Crippen MR) is 103 cm³/mol. The van der Waals surface area contributed by atoms with Gasteiger partial charge >= 0.3 is 6.09 Å². The summed E-state index contributed by atoms with van der Waals surface area (Å²) in [6.45, 7) is 2.42. The summed E-state index contributed by atoms with van der Waals surface area (Å²) in [6, 6.07) is 18.2. The number of alkyl halides is 1. The van der Waals surface area contributed by atoms with E-state index in [2.05, 4.69) is 18.2 Å². The first-order chi connectivity index (χ1) is 13.1. The molecule has 5 heteroatoms. The molecule has 4 nitrogen and oxygen atoms in total. The van der Waals surface area contributed by atoms with Crippen LogP contribution in [-0.4, -0.2) is 41.7 Å². The number of piperidine rings is 1. The van der Waals surface area contributed by atoms with E-state index in [4.69, 9.17) is 4.74 Å². The highest BCUT2D eigenvalue weighted by Gasteiger charge is 2.32. The Kier molecular flexibility index (Phi) is 6.45. The lowest BCUT2D eigenvalue weighted by Crippen LogP contribution is -2.46. The topological polar surface area (TPSA) is 49.8 Å². The van der Waals surface area contributed by atoms with Crippen LogP contribution in [-0.2, 0) is 4.74 Å². The van der Waals surface area contributed by atoms with Crippen LogP contribution < -0.4 is 0 Å². The van der Waals surface area contributed by atoms with Crippen molar-refractivity contribution in [3.8, 4) is 11.1 Å². The molecule has 0 aliphatic carbocycles. The molecule has 0 saturated carbocycles. The summed E-state index contributed by atoms with van der Waals surface area (Å²) in [6.07, 6.45) is -1.57. The maximum absolute atomic E-state index is 13.5. The Balaban J connectivity index is 1.66. The molecular formula is C22H26FNO3. The third-order valence-corrected chi connectivity index (χ3v) is 5.01. The molecule has 0 bridgehead atoms. The van der Waals surface area contributed by atoms with E-state index >= 15 is 0 Å². The van der Waals surface area contributed by atoms with Gasteiger partial charge in [0.25, 0.3) is 0 Å². The zero-order valence-corrected chi connectivity index (χ0v) is 15.6. The van der Waals surface area contributed by atoms with Crippen LogP contribution in [0.1, 0.15) is 37.7 Å². The number of ether oxygens (including phenoxy) is 1. The molecule has 1 amide bonds. The molecule has 3 atom stereocenters. The van der Waals surface area contributed by atoms with Crippen LogP contribution in [0.15, 0.2) is 54.6 Å². The summed E-state index contributed by atoms with van der Waals surface area (Å²) in [5.74, 6) is -0.0606. The van der Waals surface area contributed by atoms with Gasteiger partial charge in [-0.05, 0) is 29.5 Å². The molecule has 2 aromatic rings. The fourth-order valence-corrected chi connectivity index (χ4v) is 3.54. The van der Waals surface area contributed by atoms with Gasteiger partial charge in [0.1, 0.15) is 0 Å². The lowest BCUT2D eigenvalue weighted by atomic mass is 9.86. The van der Waals surface area contributed by atoms with Crippen LogP contribution >= 0.6 is 0 Å². The minimum Gasteiger partial charge on any atom is -0.415 e. The lowest BCUT2D eigenvalue weighted by molar-refractivity contribution is -0.0259. The molecule has 1 saturated heterocycles. The second-order valence-corrected chi connectivity index (χ2v) is 6.98. The number of carbonyl (C=O) groups excluding carboxylic acids is 1. The van der Waals surface area contributed by atoms with E-state index in [-0.39, 0.29) is 18.9 Å². The molecule has 27 heavy (non-hydrogen) atoms. The van der Waals surface area contributed by atoms with Crippen molar-refractivity contribution in [1.29, 1.82) is 0 Å². The maximum Gasteiger partial charge on any atom is 0.412 e. The number of hydrogen-bond donors (Lipinski definition) is 1. The highest BCUT2D eigenvalue weighted by atomic mass is 19.1. The summed E-state index contributed by atoms with van der Waals surface area (Å²) in [4.78, 5) is 13.5. The number of carbonyl (C=O) groups is 1. The molecule has 0 radical (unpaired) electrons. The Morgan fingerprint density at radius 1 is 1.22 bits per heavy atom. The summed E-state index contributed by atoms with van der Waals surface area (Å²) < 4.78 is 18.3. The van der Waals surface area contributed by atoms with E-state index in [1.807, 2.05) is 43.3 Å². The van der Waals surface area contributed by atoms with Gasteiger partial charge in [0.15, 0.2) is 0 Å². The molecule has 3 rings (SSSR count). The van der Waals surface area contributed by atoms with Crippen LogP contribution in [0.3, 0.4) is 0 Å². The van der Waals surface area contributed by atoms with Crippen molar-refractivity contribution < 1.29 is 19.0 Å². The van der Waals surface area contributed by atoms with Crippen molar-refractivity contribution >= 4 is 6.09 Å². The van der Waals surface area contributed by atoms with Crippen LogP contribution in [0.25, 0.3) is 11.1 Å². The number of halogens is 1. The number of rotatable bonds is 5. The number of β-amino-alcohol motifs (C(OH)–C–C–N with tert-alkyl or cyclic N) is 1. The molecule has 1 N–H and O–H groups in total. The second kappa shape index (κ2) is 9.00. The lowest BCUT2D eigenvalue weighted by Gasteiger charge is -2.35. The van der Waals surface area contributed by atoms with Crippen molar-refractivity contribution in [2.75, 3.05) is 13.1 Å². The second-order valence-electron chi connectivity index (χ2n) is 6.98. The number of likely N-dealkylation sites (tertiary alicyclic amines) is 1. The van der Waals surface area contributed by atoms with Gasteiger partial charge in [-0.2, -0.15) is 0 Å². The van der Waals surface area contributed by atoms with E-state index in [9.17, 15) is 14.3 Å². The Hall–Kier alpha value is -2.40. The zero-order valence-electron chi connectivity index (χ0n) is 15.6. The minimum atomic E-state index is -1.58. The highest BCUT2D eigenvalue weighted by Crippen LogP contribution is 2.31. The van der Waals surface area contributed by atoms with Gasteiger partial charge in [-0.1, -0.05) is 61.5 Å². The number of aliphatic hydroxyl groups excluding tert-OH is 1. The van der Waals surface area contributed by atoms with E-state index in [0.29, 0.717) is 19.4 Å². The van der Waals surface area contributed by atoms with Gasteiger partial charge in [-0.15, -0.1) is 0 Å². The van der Waals surface area contributed by atoms with Crippen molar-refractivity contribution in [1.82, 2.24) is 4.90 Å². The monoisotopic (exact) mass is 371 g/mol. The Morgan fingerprint density at radius 2 is 1.96 bits per heavy atom. The van der Waals surface area contributed by atoms with E-state index in [1.165, 1.54) is 4.90 Å². The van der Waals surface area contributed by atoms with Gasteiger partial charge in [0.2, 0.25) is 6.36 Å². The minimum absolute atomic E-state index is 0.0606. The number of aliphatic hydroxyl groups is 1. The normalized spacial score (nSPS) is 20.9. The number of benzene rings is 2.